The number of carboxylic acids is 1. The number of benzene rings is 2. The Labute approximate surface area is 188 Å². The predicted molar refractivity (Wildman–Crippen MR) is 119 cm³/mol. The molecule has 0 atom stereocenters. The number of nitrogens with one attached hydrogen (secondary N) is 2. The van der Waals surface area contributed by atoms with Gasteiger partial charge in [-0.05, 0) is 30.3 Å². The lowest BCUT2D eigenvalue weighted by Crippen LogP contribution is -2.47. The zero-order chi connectivity index (χ0) is 23.0. The van der Waals surface area contributed by atoms with Crippen LogP contribution in [0.2, 0.25) is 0 Å². The highest BCUT2D eigenvalue weighted by molar-refractivity contribution is 5.88. The van der Waals surface area contributed by atoms with Crippen LogP contribution in [0.1, 0.15) is 16.1 Å². The fourth-order valence-corrected chi connectivity index (χ4v) is 3.98. The van der Waals surface area contributed by atoms with E-state index in [-0.39, 0.29) is 11.3 Å². The molecule has 3 aromatic rings. The first-order valence-corrected chi connectivity index (χ1v) is 10.5. The average Bonchev–Trinajstić information content (AvgIpc) is 3.26. The monoisotopic (exact) mass is 453 g/mol. The molecule has 0 aliphatic carbocycles. The van der Waals surface area contributed by atoms with E-state index in [1.165, 1.54) is 18.2 Å². The molecule has 1 fully saturated rings. The molecule has 170 valence electrons. The number of anilines is 3. The fourth-order valence-electron chi connectivity index (χ4n) is 3.98. The number of alkyl halides is 2. The van der Waals surface area contributed by atoms with Gasteiger partial charge in [0.15, 0.2) is 0 Å². The van der Waals surface area contributed by atoms with Gasteiger partial charge < -0.3 is 25.4 Å². The number of ether oxygens (including phenoxy) is 1. The quantitative estimate of drug-likeness (QED) is 0.539. The maximum absolute atomic E-state index is 14.6. The van der Waals surface area contributed by atoms with Crippen LogP contribution in [0.25, 0.3) is 11.3 Å². The number of carboxylic acid groups (broad SMARTS) is 1. The van der Waals surface area contributed by atoms with E-state index in [1.807, 2.05) is 4.90 Å². The molecule has 10 heteroatoms. The summed E-state index contributed by atoms with van der Waals surface area (Å²) in [4.78, 5) is 22.3. The van der Waals surface area contributed by atoms with E-state index in [9.17, 15) is 18.7 Å². The largest absolute Gasteiger partial charge is 0.478 e. The van der Waals surface area contributed by atoms with Gasteiger partial charge in [-0.15, -0.1) is 0 Å². The Morgan fingerprint density at radius 1 is 1.03 bits per heavy atom. The Hall–Kier alpha value is -3.79. The molecule has 33 heavy (non-hydrogen) atoms. The molecule has 3 N–H and O–H groups in total. The Morgan fingerprint density at radius 2 is 1.67 bits per heavy atom. The molecule has 0 radical (unpaired) electrons. The van der Waals surface area contributed by atoms with Crippen molar-refractivity contribution < 1.29 is 23.4 Å². The van der Waals surface area contributed by atoms with Gasteiger partial charge in [0.25, 0.3) is 6.43 Å². The zero-order valence-electron chi connectivity index (χ0n) is 17.5. The topological polar surface area (TPSA) is 99.6 Å². The van der Waals surface area contributed by atoms with Crippen LogP contribution in [0.3, 0.4) is 0 Å². The van der Waals surface area contributed by atoms with Crippen molar-refractivity contribution in [2.45, 2.75) is 12.1 Å². The number of rotatable bonds is 5. The summed E-state index contributed by atoms with van der Waals surface area (Å²) in [7, 11) is 0. The maximum Gasteiger partial charge on any atom is 0.335 e. The van der Waals surface area contributed by atoms with Crippen LogP contribution in [-0.4, -0.2) is 53.8 Å². The minimum atomic E-state index is -2.83. The lowest BCUT2D eigenvalue weighted by molar-refractivity contribution is 0.0696. The number of morpholine rings is 1. The summed E-state index contributed by atoms with van der Waals surface area (Å²) >= 11 is 0. The fraction of sp³-hybridized carbons (Fsp3) is 0.261. The molecule has 8 nitrogen and oxygen atoms in total. The number of aromatic nitrogens is 2. The summed E-state index contributed by atoms with van der Waals surface area (Å²) in [5.74, 6) is -0.736. The molecule has 0 unspecified atom stereocenters. The highest BCUT2D eigenvalue weighted by Gasteiger charge is 2.48. The number of halogens is 2. The lowest BCUT2D eigenvalue weighted by atomic mass is 10.0. The standard InChI is InChI=1S/C23H21F2N5O3/c24-21(25)23(28-16-3-1-2-4-17(16)29-23)19-13-18(14-5-7-15(8-6-14)20(31)32)26-22(27-19)30-9-11-33-12-10-30/h1-8,13,21,28-29H,9-12H2,(H,31,32). The first kappa shape index (κ1) is 21.1. The van der Waals surface area contributed by atoms with E-state index in [1.54, 1.807) is 36.4 Å². The Bertz CT molecular complexity index is 1160. The van der Waals surface area contributed by atoms with Crippen molar-refractivity contribution in [3.05, 3.63) is 65.9 Å². The van der Waals surface area contributed by atoms with Crippen molar-refractivity contribution in [1.29, 1.82) is 0 Å². The number of carbonyl (C=O) groups is 1. The molecule has 1 saturated heterocycles. The van der Waals surface area contributed by atoms with E-state index in [2.05, 4.69) is 20.6 Å². The smallest absolute Gasteiger partial charge is 0.335 e. The van der Waals surface area contributed by atoms with Crippen LogP contribution in [-0.2, 0) is 10.4 Å². The van der Waals surface area contributed by atoms with Crippen LogP contribution >= 0.6 is 0 Å². The van der Waals surface area contributed by atoms with Crippen molar-refractivity contribution in [3.63, 3.8) is 0 Å². The average molecular weight is 453 g/mol. The van der Waals surface area contributed by atoms with E-state index in [4.69, 9.17) is 4.74 Å². The molecule has 0 amide bonds. The van der Waals surface area contributed by atoms with Gasteiger partial charge in [-0.3, -0.25) is 0 Å². The van der Waals surface area contributed by atoms with E-state index >= 15 is 0 Å². The molecule has 0 bridgehead atoms. The summed E-state index contributed by atoms with van der Waals surface area (Å²) in [6.45, 7) is 2.03. The molecule has 2 aliphatic rings. The Kier molecular flexibility index (Phi) is 5.29. The Balaban J connectivity index is 1.63. The SMILES string of the molecule is O=C(O)c1ccc(-c2cc(C3(C(F)F)Nc4ccccc4N3)nc(N3CCOCC3)n2)cc1. The third-order valence-electron chi connectivity index (χ3n) is 5.76. The molecule has 2 aromatic carbocycles. The molecular weight excluding hydrogens is 432 g/mol. The second-order valence-corrected chi connectivity index (χ2v) is 7.82. The number of nitrogens with zero attached hydrogens (tertiary/aromatic N) is 3. The number of hydrogen-bond donors (Lipinski definition) is 3. The van der Waals surface area contributed by atoms with Gasteiger partial charge in [-0.1, -0.05) is 24.3 Å². The van der Waals surface area contributed by atoms with Gasteiger partial charge >= 0.3 is 5.97 Å². The van der Waals surface area contributed by atoms with Crippen molar-refractivity contribution in [1.82, 2.24) is 9.97 Å². The second kappa shape index (κ2) is 8.28. The molecule has 0 spiro atoms. The minimum Gasteiger partial charge on any atom is -0.478 e. The first-order chi connectivity index (χ1) is 16.0. The van der Waals surface area contributed by atoms with Crippen LogP contribution < -0.4 is 15.5 Å². The zero-order valence-corrected chi connectivity index (χ0v) is 17.5. The Morgan fingerprint density at radius 3 is 2.24 bits per heavy atom. The highest BCUT2D eigenvalue weighted by atomic mass is 19.3. The molecular formula is C23H21F2N5O3. The summed E-state index contributed by atoms with van der Waals surface area (Å²) in [5, 5.41) is 15.0. The van der Waals surface area contributed by atoms with Crippen LogP contribution in [0.15, 0.2) is 54.6 Å². The summed E-state index contributed by atoms with van der Waals surface area (Å²) in [6, 6.07) is 14.6. The molecule has 0 saturated carbocycles. The second-order valence-electron chi connectivity index (χ2n) is 7.82. The van der Waals surface area contributed by atoms with Crippen LogP contribution in [0.4, 0.5) is 26.1 Å². The summed E-state index contributed by atoms with van der Waals surface area (Å²) in [6.07, 6.45) is -2.83. The van der Waals surface area contributed by atoms with Crippen molar-refractivity contribution in [2.75, 3.05) is 41.8 Å². The van der Waals surface area contributed by atoms with Gasteiger partial charge in [0.1, 0.15) is 0 Å². The molecule has 3 heterocycles. The van der Waals surface area contributed by atoms with Crippen LogP contribution in [0, 0.1) is 0 Å². The lowest BCUT2D eigenvalue weighted by Gasteiger charge is -2.32. The van der Waals surface area contributed by atoms with Gasteiger partial charge in [0.05, 0.1) is 41.5 Å². The number of fused-ring (bicyclic) bond motifs is 1. The van der Waals surface area contributed by atoms with E-state index in [0.717, 1.165) is 0 Å². The van der Waals surface area contributed by atoms with Gasteiger partial charge in [0.2, 0.25) is 11.6 Å². The highest BCUT2D eigenvalue weighted by Crippen LogP contribution is 2.43. The molecule has 5 rings (SSSR count). The summed E-state index contributed by atoms with van der Waals surface area (Å²) in [5.41, 5.74) is 0.385. The number of hydrogen-bond acceptors (Lipinski definition) is 7. The van der Waals surface area contributed by atoms with E-state index < -0.39 is 18.1 Å². The third-order valence-corrected chi connectivity index (χ3v) is 5.76. The molecule has 1 aromatic heterocycles. The van der Waals surface area contributed by atoms with Gasteiger partial charge in [-0.2, -0.15) is 0 Å². The normalized spacial score (nSPS) is 16.8. The minimum absolute atomic E-state index is 0.0857. The number of aromatic carboxylic acids is 1. The van der Waals surface area contributed by atoms with Crippen LogP contribution in [0.5, 0.6) is 0 Å². The van der Waals surface area contributed by atoms with Gasteiger partial charge in [-0.25, -0.2) is 23.5 Å². The predicted octanol–water partition coefficient (Wildman–Crippen LogP) is 3.63. The maximum atomic E-state index is 14.6. The molecule has 2 aliphatic heterocycles. The van der Waals surface area contributed by atoms with E-state index in [0.29, 0.717) is 54.9 Å². The van der Waals surface area contributed by atoms with Crippen molar-refractivity contribution >= 4 is 23.3 Å². The van der Waals surface area contributed by atoms with Crippen molar-refractivity contribution in [3.8, 4) is 11.3 Å². The van der Waals surface area contributed by atoms with Gasteiger partial charge in [0, 0.05) is 18.7 Å². The van der Waals surface area contributed by atoms with Crippen molar-refractivity contribution in [2.24, 2.45) is 0 Å². The third kappa shape index (κ3) is 3.82. The summed E-state index contributed by atoms with van der Waals surface area (Å²) < 4.78 is 34.6. The first-order valence-electron chi connectivity index (χ1n) is 10.5. The number of para-hydroxylation sites is 2.